The van der Waals surface area contributed by atoms with Crippen LogP contribution in [0.1, 0.15) is 15.9 Å². The van der Waals surface area contributed by atoms with Crippen LogP contribution in [-0.2, 0) is 6.42 Å². The Kier molecular flexibility index (Phi) is 2.57. The molecule has 0 amide bonds. The zero-order valence-corrected chi connectivity index (χ0v) is 8.18. The Balaban J connectivity index is 2.56. The minimum absolute atomic E-state index is 0.137. The fraction of sp³-hybridized carbons (Fsp3) is 0.222. The SMILES string of the molecule is NC1Cc2ccc(F)c(C(=O)O)c2OB1O. The number of rotatable bonds is 1. The summed E-state index contributed by atoms with van der Waals surface area (Å²) in [7, 11) is -1.31. The molecule has 2 rings (SSSR count). The van der Waals surface area contributed by atoms with E-state index in [0.717, 1.165) is 6.07 Å². The largest absolute Gasteiger partial charge is 0.540 e. The third-order valence-corrected chi connectivity index (χ3v) is 2.46. The molecule has 1 aliphatic rings. The van der Waals surface area contributed by atoms with Gasteiger partial charge in [-0.3, -0.25) is 0 Å². The average Bonchev–Trinajstić information content (AvgIpc) is 2.20. The van der Waals surface area contributed by atoms with Crippen LogP contribution in [0.2, 0.25) is 0 Å². The van der Waals surface area contributed by atoms with Gasteiger partial charge in [-0.2, -0.15) is 0 Å². The lowest BCUT2D eigenvalue weighted by Gasteiger charge is -2.25. The molecule has 0 radical (unpaired) electrons. The zero-order valence-electron chi connectivity index (χ0n) is 8.18. The topological polar surface area (TPSA) is 92.8 Å². The lowest BCUT2D eigenvalue weighted by atomic mass is 9.73. The van der Waals surface area contributed by atoms with Crippen LogP contribution >= 0.6 is 0 Å². The van der Waals surface area contributed by atoms with Crippen molar-refractivity contribution in [1.82, 2.24) is 0 Å². The summed E-state index contributed by atoms with van der Waals surface area (Å²) in [6.45, 7) is 0. The molecule has 1 heterocycles. The molecule has 1 unspecified atom stereocenters. The summed E-state index contributed by atoms with van der Waals surface area (Å²) in [5, 5.41) is 18.2. The monoisotopic (exact) mass is 225 g/mol. The van der Waals surface area contributed by atoms with Gasteiger partial charge in [0, 0.05) is 0 Å². The first kappa shape index (κ1) is 10.9. The molecule has 1 aromatic rings. The number of halogens is 1. The van der Waals surface area contributed by atoms with Crippen molar-refractivity contribution in [2.45, 2.75) is 12.4 Å². The quantitative estimate of drug-likeness (QED) is 0.575. The van der Waals surface area contributed by atoms with Crippen LogP contribution in [0.5, 0.6) is 5.75 Å². The molecular weight excluding hydrogens is 216 g/mol. The Hall–Kier alpha value is -1.60. The predicted molar refractivity (Wildman–Crippen MR) is 53.6 cm³/mol. The highest BCUT2D eigenvalue weighted by molar-refractivity contribution is 6.46. The summed E-state index contributed by atoms with van der Waals surface area (Å²) in [5.74, 6) is -3.10. The van der Waals surface area contributed by atoms with Crippen molar-refractivity contribution >= 4 is 13.1 Å². The number of nitrogens with two attached hydrogens (primary N) is 1. The molecule has 16 heavy (non-hydrogen) atoms. The van der Waals surface area contributed by atoms with Gasteiger partial charge in [0.15, 0.2) is 0 Å². The molecule has 0 aromatic heterocycles. The van der Waals surface area contributed by atoms with E-state index < -0.39 is 30.4 Å². The van der Waals surface area contributed by atoms with Gasteiger partial charge in [0.25, 0.3) is 0 Å². The molecule has 1 atom stereocenters. The van der Waals surface area contributed by atoms with E-state index in [0.29, 0.717) is 5.56 Å². The summed E-state index contributed by atoms with van der Waals surface area (Å²) >= 11 is 0. The minimum Gasteiger partial charge on any atom is -0.534 e. The second kappa shape index (κ2) is 3.77. The van der Waals surface area contributed by atoms with Gasteiger partial charge in [-0.15, -0.1) is 0 Å². The summed E-state index contributed by atoms with van der Waals surface area (Å²) in [5.41, 5.74) is 5.46. The van der Waals surface area contributed by atoms with Gasteiger partial charge >= 0.3 is 13.1 Å². The van der Waals surface area contributed by atoms with Gasteiger partial charge in [0.2, 0.25) is 0 Å². The molecule has 84 valence electrons. The van der Waals surface area contributed by atoms with Crippen molar-refractivity contribution < 1.29 is 24.0 Å². The maximum Gasteiger partial charge on any atom is 0.540 e. The number of fused-ring (bicyclic) bond motifs is 1. The Morgan fingerprint density at radius 3 is 2.94 bits per heavy atom. The molecule has 0 saturated carbocycles. The van der Waals surface area contributed by atoms with Crippen LogP contribution in [-0.4, -0.2) is 29.2 Å². The predicted octanol–water partition coefficient (Wildman–Crippen LogP) is -0.194. The average molecular weight is 225 g/mol. The molecule has 0 bridgehead atoms. The molecule has 5 nitrogen and oxygen atoms in total. The summed E-state index contributed by atoms with van der Waals surface area (Å²) in [6.07, 6.45) is 0.247. The lowest BCUT2D eigenvalue weighted by molar-refractivity contribution is 0.0689. The van der Waals surface area contributed by atoms with Crippen molar-refractivity contribution in [1.29, 1.82) is 0 Å². The number of carboxylic acid groups (broad SMARTS) is 1. The van der Waals surface area contributed by atoms with E-state index in [1.54, 1.807) is 0 Å². The first-order valence-corrected chi connectivity index (χ1v) is 4.65. The van der Waals surface area contributed by atoms with Crippen LogP contribution in [0.25, 0.3) is 0 Å². The van der Waals surface area contributed by atoms with E-state index >= 15 is 0 Å². The zero-order chi connectivity index (χ0) is 11.9. The maximum atomic E-state index is 13.3. The van der Waals surface area contributed by atoms with Crippen molar-refractivity contribution in [3.05, 3.63) is 29.1 Å². The van der Waals surface area contributed by atoms with Crippen LogP contribution in [0.4, 0.5) is 4.39 Å². The van der Waals surface area contributed by atoms with Crippen molar-refractivity contribution in [2.24, 2.45) is 5.73 Å². The number of carboxylic acids is 1. The fourth-order valence-corrected chi connectivity index (χ4v) is 1.66. The Labute approximate surface area is 90.8 Å². The van der Waals surface area contributed by atoms with E-state index in [2.05, 4.69) is 0 Å². The van der Waals surface area contributed by atoms with Crippen LogP contribution < -0.4 is 10.4 Å². The van der Waals surface area contributed by atoms with Crippen LogP contribution in [0.15, 0.2) is 12.1 Å². The van der Waals surface area contributed by atoms with E-state index in [9.17, 15) is 14.2 Å². The Morgan fingerprint density at radius 1 is 1.62 bits per heavy atom. The second-order valence-corrected chi connectivity index (χ2v) is 3.59. The van der Waals surface area contributed by atoms with Gasteiger partial charge in [0.1, 0.15) is 17.1 Å². The first-order valence-electron chi connectivity index (χ1n) is 4.65. The number of aromatic carboxylic acids is 1. The van der Waals surface area contributed by atoms with Gasteiger partial charge in [-0.25, -0.2) is 9.18 Å². The molecule has 7 heteroatoms. The van der Waals surface area contributed by atoms with Crippen molar-refractivity contribution in [3.63, 3.8) is 0 Å². The molecule has 0 fully saturated rings. The molecule has 1 aliphatic heterocycles. The van der Waals surface area contributed by atoms with Gasteiger partial charge in [0.05, 0.1) is 5.94 Å². The lowest BCUT2D eigenvalue weighted by Crippen LogP contribution is -2.48. The molecule has 0 aliphatic carbocycles. The fourth-order valence-electron chi connectivity index (χ4n) is 1.66. The maximum absolute atomic E-state index is 13.3. The number of hydrogen-bond acceptors (Lipinski definition) is 4. The Morgan fingerprint density at radius 2 is 2.31 bits per heavy atom. The molecule has 4 N–H and O–H groups in total. The van der Waals surface area contributed by atoms with Crippen LogP contribution in [0, 0.1) is 5.82 Å². The van der Waals surface area contributed by atoms with Crippen molar-refractivity contribution in [3.8, 4) is 5.75 Å². The first-order chi connectivity index (χ1) is 7.50. The third kappa shape index (κ3) is 1.64. The molecule has 0 saturated heterocycles. The third-order valence-electron chi connectivity index (χ3n) is 2.46. The molecule has 0 spiro atoms. The molecular formula is C9H9BFNO4. The van der Waals surface area contributed by atoms with E-state index in [4.69, 9.17) is 15.5 Å². The summed E-state index contributed by atoms with van der Waals surface area (Å²) in [4.78, 5) is 10.8. The highest BCUT2D eigenvalue weighted by Crippen LogP contribution is 2.31. The van der Waals surface area contributed by atoms with E-state index in [1.165, 1.54) is 6.07 Å². The second-order valence-electron chi connectivity index (χ2n) is 3.59. The van der Waals surface area contributed by atoms with Crippen LogP contribution in [0.3, 0.4) is 0 Å². The van der Waals surface area contributed by atoms with Gasteiger partial charge in [-0.1, -0.05) is 6.07 Å². The number of carbonyl (C=O) groups is 1. The minimum atomic E-state index is -1.43. The summed E-state index contributed by atoms with van der Waals surface area (Å²) < 4.78 is 18.2. The smallest absolute Gasteiger partial charge is 0.534 e. The number of benzene rings is 1. The Bertz CT molecular complexity index is 453. The van der Waals surface area contributed by atoms with Gasteiger partial charge in [-0.05, 0) is 18.1 Å². The molecule has 1 aromatic carbocycles. The standard InChI is InChI=1S/C9H9BFNO4/c11-5-2-1-4-3-6(12)10(15)16-8(4)7(5)9(13)14/h1-2,6,15H,3,12H2,(H,13,14). The van der Waals surface area contributed by atoms with Crippen molar-refractivity contribution in [2.75, 3.05) is 0 Å². The normalized spacial score (nSPS) is 18.9. The van der Waals surface area contributed by atoms with Gasteiger partial charge < -0.3 is 20.5 Å². The van der Waals surface area contributed by atoms with E-state index in [-0.39, 0.29) is 12.2 Å². The number of hydrogen-bond donors (Lipinski definition) is 3. The summed E-state index contributed by atoms with van der Waals surface area (Å²) in [6, 6.07) is 2.46. The highest BCUT2D eigenvalue weighted by atomic mass is 19.1. The van der Waals surface area contributed by atoms with E-state index in [1.807, 2.05) is 0 Å². The highest BCUT2D eigenvalue weighted by Gasteiger charge is 2.35.